The molecule has 0 spiro atoms. The van der Waals surface area contributed by atoms with E-state index in [0.717, 1.165) is 41.8 Å². The summed E-state index contributed by atoms with van der Waals surface area (Å²) in [7, 11) is 0. The highest BCUT2D eigenvalue weighted by atomic mass is 16.7. The second-order valence-electron chi connectivity index (χ2n) is 13.7. The topological polar surface area (TPSA) is 119 Å². The summed E-state index contributed by atoms with van der Waals surface area (Å²) < 4.78 is 24.7. The predicted molar refractivity (Wildman–Crippen MR) is 191 cm³/mol. The number of urea groups is 1. The molecule has 2 heterocycles. The molecule has 0 radical (unpaired) electrons. The second-order valence-corrected chi connectivity index (χ2v) is 13.7. The maximum absolute atomic E-state index is 13.1. The Morgan fingerprint density at radius 2 is 1.56 bits per heavy atom. The lowest BCUT2D eigenvalue weighted by molar-refractivity contribution is -0.253. The van der Waals surface area contributed by atoms with E-state index < -0.39 is 17.9 Å². The first-order chi connectivity index (χ1) is 24.1. The minimum absolute atomic E-state index is 0.0392. The van der Waals surface area contributed by atoms with Crippen molar-refractivity contribution < 1.29 is 33.6 Å². The maximum atomic E-state index is 13.1. The number of nitrogens with one attached hydrogen (secondary N) is 2. The van der Waals surface area contributed by atoms with Crippen molar-refractivity contribution in [2.75, 3.05) is 23.7 Å². The highest BCUT2D eigenvalue weighted by molar-refractivity contribution is 5.99. The molecular formula is C40H45N3O7. The number of anilines is 2. The average Bonchev–Trinajstić information content (AvgIpc) is 3.57. The van der Waals surface area contributed by atoms with Crippen molar-refractivity contribution in [3.05, 3.63) is 120 Å². The van der Waals surface area contributed by atoms with Gasteiger partial charge in [-0.25, -0.2) is 4.79 Å². The number of carbonyl (C=O) groups is 2. The van der Waals surface area contributed by atoms with Crippen LogP contribution in [0.15, 0.2) is 103 Å². The van der Waals surface area contributed by atoms with Crippen LogP contribution in [0.5, 0.6) is 11.5 Å². The van der Waals surface area contributed by atoms with Crippen LogP contribution in [0.1, 0.15) is 69.1 Å². The van der Waals surface area contributed by atoms with Gasteiger partial charge in [0.1, 0.15) is 23.1 Å². The van der Waals surface area contributed by atoms with Crippen LogP contribution in [0.2, 0.25) is 0 Å². The van der Waals surface area contributed by atoms with E-state index in [2.05, 4.69) is 15.5 Å². The van der Waals surface area contributed by atoms with Gasteiger partial charge in [0.2, 0.25) is 0 Å². The quantitative estimate of drug-likeness (QED) is 0.145. The monoisotopic (exact) mass is 679 g/mol. The molecule has 2 aliphatic heterocycles. The van der Waals surface area contributed by atoms with E-state index in [1.807, 2.05) is 93.6 Å². The number of aliphatic hydroxyl groups is 1. The van der Waals surface area contributed by atoms with Gasteiger partial charge >= 0.3 is 12.0 Å². The average molecular weight is 680 g/mol. The number of benzene rings is 4. The van der Waals surface area contributed by atoms with Crippen LogP contribution in [0.4, 0.5) is 16.2 Å². The van der Waals surface area contributed by atoms with Crippen molar-refractivity contribution in [1.82, 2.24) is 4.90 Å². The highest BCUT2D eigenvalue weighted by Crippen LogP contribution is 2.39. The number of para-hydroxylation sites is 1. The summed E-state index contributed by atoms with van der Waals surface area (Å²) in [6.45, 7) is 6.94. The molecule has 2 saturated heterocycles. The van der Waals surface area contributed by atoms with Gasteiger partial charge in [0.25, 0.3) is 0 Å². The summed E-state index contributed by atoms with van der Waals surface area (Å²) in [5.74, 6) is 1.19. The molecule has 0 unspecified atom stereocenters. The Kier molecular flexibility index (Phi) is 11.1. The summed E-state index contributed by atoms with van der Waals surface area (Å²) >= 11 is 0. The summed E-state index contributed by atoms with van der Waals surface area (Å²) in [4.78, 5) is 28.2. The molecule has 4 aromatic rings. The Morgan fingerprint density at radius 3 is 2.28 bits per heavy atom. The molecule has 50 heavy (non-hydrogen) atoms. The van der Waals surface area contributed by atoms with Crippen LogP contribution < -0.4 is 15.4 Å². The highest BCUT2D eigenvalue weighted by Gasteiger charge is 2.39. The molecule has 0 aromatic heterocycles. The van der Waals surface area contributed by atoms with Crippen molar-refractivity contribution in [2.24, 2.45) is 0 Å². The number of rotatable bonds is 10. The van der Waals surface area contributed by atoms with Crippen LogP contribution in [0, 0.1) is 0 Å². The molecule has 2 fully saturated rings. The van der Waals surface area contributed by atoms with E-state index in [1.165, 1.54) is 0 Å². The third-order valence-corrected chi connectivity index (χ3v) is 8.60. The molecule has 4 aromatic carbocycles. The van der Waals surface area contributed by atoms with Crippen LogP contribution >= 0.6 is 0 Å². The van der Waals surface area contributed by atoms with Crippen molar-refractivity contribution in [1.29, 1.82) is 0 Å². The summed E-state index contributed by atoms with van der Waals surface area (Å²) in [6.07, 6.45) is 0.984. The van der Waals surface area contributed by atoms with Gasteiger partial charge in [0, 0.05) is 29.9 Å². The Morgan fingerprint density at radius 1 is 0.840 bits per heavy atom. The first kappa shape index (κ1) is 35.1. The second kappa shape index (κ2) is 15.9. The molecule has 10 heteroatoms. The molecule has 262 valence electrons. The third kappa shape index (κ3) is 9.48. The van der Waals surface area contributed by atoms with E-state index in [1.54, 1.807) is 30.3 Å². The minimum Gasteiger partial charge on any atom is -0.459 e. The molecule has 0 saturated carbocycles. The van der Waals surface area contributed by atoms with Crippen LogP contribution in [0.25, 0.3) is 0 Å². The Labute approximate surface area is 293 Å². The van der Waals surface area contributed by atoms with Gasteiger partial charge in [-0.05, 0) is 99.8 Å². The summed E-state index contributed by atoms with van der Waals surface area (Å²) in [6, 6.07) is 31.1. The lowest BCUT2D eigenvalue weighted by Crippen LogP contribution is -2.45. The SMILES string of the molecule is CC(C)(C)OC(=O)[C@@H]1CCCN1C[C@@H]1C[C@H](c2ccc(CO)cc2)O[C@H](c2cccc(NC(=O)Nc3ccc(Oc4ccccc4)cc3)c2)O1. The molecule has 2 aliphatic rings. The lowest BCUT2D eigenvalue weighted by atomic mass is 9.99. The number of hydrogen-bond acceptors (Lipinski definition) is 8. The van der Waals surface area contributed by atoms with Crippen LogP contribution in [-0.4, -0.2) is 52.8 Å². The van der Waals surface area contributed by atoms with E-state index in [0.29, 0.717) is 30.1 Å². The fraction of sp³-hybridized carbons (Fsp3) is 0.350. The smallest absolute Gasteiger partial charge is 0.323 e. The molecule has 2 amide bonds. The standard InChI is InChI=1S/C40H45N3O7/c1-40(2,3)50-37(45)35-13-8-22-43(35)25-34-24-36(28-16-14-27(26-44)15-17-28)49-38(48-34)29-9-7-10-31(23-29)42-39(46)41-30-18-20-33(21-19-30)47-32-11-5-4-6-12-32/h4-7,9-12,14-21,23,34-36,38,44H,8,13,22,24-26H2,1-3H3,(H2,41,42,46)/t34-,35-,36+,38+/m0/s1. The number of hydrogen-bond donors (Lipinski definition) is 3. The van der Waals surface area contributed by atoms with Crippen molar-refractivity contribution in [3.8, 4) is 11.5 Å². The van der Waals surface area contributed by atoms with E-state index in [-0.39, 0.29) is 30.8 Å². The molecule has 6 rings (SSSR count). The zero-order chi connectivity index (χ0) is 35.1. The Hall–Kier alpha value is -4.74. The first-order valence-corrected chi connectivity index (χ1v) is 17.1. The Bertz CT molecular complexity index is 1720. The summed E-state index contributed by atoms with van der Waals surface area (Å²) in [5.41, 5.74) is 3.17. The molecule has 3 N–H and O–H groups in total. The van der Waals surface area contributed by atoms with Gasteiger partial charge in [0.15, 0.2) is 6.29 Å². The minimum atomic E-state index is -0.721. The molecule has 0 bridgehead atoms. The molecule has 10 nitrogen and oxygen atoms in total. The van der Waals surface area contributed by atoms with Gasteiger partial charge in [-0.1, -0.05) is 54.6 Å². The number of nitrogens with zero attached hydrogens (tertiary/aromatic N) is 1. The first-order valence-electron chi connectivity index (χ1n) is 17.1. The Balaban J connectivity index is 1.13. The van der Waals surface area contributed by atoms with Gasteiger partial charge < -0.3 is 34.7 Å². The van der Waals surface area contributed by atoms with Crippen LogP contribution in [0.3, 0.4) is 0 Å². The summed E-state index contributed by atoms with van der Waals surface area (Å²) in [5, 5.41) is 15.3. The van der Waals surface area contributed by atoms with Gasteiger partial charge in [0.05, 0.1) is 18.8 Å². The number of ether oxygens (including phenoxy) is 4. The van der Waals surface area contributed by atoms with Gasteiger partial charge in [-0.3, -0.25) is 9.69 Å². The fourth-order valence-corrected chi connectivity index (χ4v) is 6.26. The lowest BCUT2D eigenvalue weighted by Gasteiger charge is -2.38. The van der Waals surface area contributed by atoms with Crippen molar-refractivity contribution in [3.63, 3.8) is 0 Å². The normalized spacial score (nSPS) is 21.0. The number of aliphatic hydroxyl groups excluding tert-OH is 1. The fourth-order valence-electron chi connectivity index (χ4n) is 6.26. The molecular weight excluding hydrogens is 634 g/mol. The third-order valence-electron chi connectivity index (χ3n) is 8.60. The van der Waals surface area contributed by atoms with Crippen LogP contribution in [-0.2, 0) is 25.6 Å². The van der Waals surface area contributed by atoms with Crippen molar-refractivity contribution >= 4 is 23.4 Å². The maximum Gasteiger partial charge on any atom is 0.323 e. The molecule has 4 atom stereocenters. The number of carbonyl (C=O) groups excluding carboxylic acids is 2. The number of likely N-dealkylation sites (tertiary alicyclic amines) is 1. The van der Waals surface area contributed by atoms with E-state index >= 15 is 0 Å². The number of esters is 1. The number of amides is 2. The zero-order valence-electron chi connectivity index (χ0n) is 28.7. The largest absolute Gasteiger partial charge is 0.459 e. The van der Waals surface area contributed by atoms with Gasteiger partial charge in [-0.15, -0.1) is 0 Å². The predicted octanol–water partition coefficient (Wildman–Crippen LogP) is 7.97. The molecule has 0 aliphatic carbocycles. The van der Waals surface area contributed by atoms with E-state index in [4.69, 9.17) is 18.9 Å². The van der Waals surface area contributed by atoms with E-state index in [9.17, 15) is 14.7 Å². The van der Waals surface area contributed by atoms with Crippen molar-refractivity contribution in [2.45, 2.75) is 76.8 Å². The zero-order valence-corrected chi connectivity index (χ0v) is 28.7. The van der Waals surface area contributed by atoms with Gasteiger partial charge in [-0.2, -0.15) is 0 Å².